The predicted molar refractivity (Wildman–Crippen MR) is 76.9 cm³/mol. The molecule has 0 bridgehead atoms. The normalized spacial score (nSPS) is 13.1. The van der Waals surface area contributed by atoms with E-state index in [4.69, 9.17) is 4.42 Å². The first kappa shape index (κ1) is 13.2. The summed E-state index contributed by atoms with van der Waals surface area (Å²) in [5.41, 5.74) is 2.36. The van der Waals surface area contributed by atoms with E-state index in [1.54, 1.807) is 0 Å². The highest BCUT2D eigenvalue weighted by atomic mass is 16.3. The fourth-order valence-electron chi connectivity index (χ4n) is 2.47. The van der Waals surface area contributed by atoms with Crippen LogP contribution in [0.3, 0.4) is 0 Å². The van der Waals surface area contributed by atoms with Gasteiger partial charge < -0.3 is 9.73 Å². The van der Waals surface area contributed by atoms with Crippen LogP contribution in [0.25, 0.3) is 11.0 Å². The van der Waals surface area contributed by atoms with Crippen LogP contribution in [0.4, 0.5) is 0 Å². The minimum Gasteiger partial charge on any atom is -0.459 e. The summed E-state index contributed by atoms with van der Waals surface area (Å²) in [7, 11) is 0. The molecule has 1 unspecified atom stereocenters. The van der Waals surface area contributed by atoms with Crippen LogP contribution >= 0.6 is 0 Å². The Morgan fingerprint density at radius 1 is 1.22 bits per heavy atom. The van der Waals surface area contributed by atoms with Crippen molar-refractivity contribution in [1.82, 2.24) is 5.32 Å². The molecule has 2 rings (SSSR count). The molecule has 0 aliphatic rings. The number of aryl methyl sites for hydroxylation is 1. The summed E-state index contributed by atoms with van der Waals surface area (Å²) in [5, 5.41) is 4.73. The van der Waals surface area contributed by atoms with Crippen LogP contribution in [-0.2, 0) is 6.42 Å². The summed E-state index contributed by atoms with van der Waals surface area (Å²) >= 11 is 0. The SMILES string of the molecule is CCCC(NCC)c1cc2cccc(CC)c2o1. The number of fused-ring (bicyclic) bond motifs is 1. The molecule has 2 heteroatoms. The summed E-state index contributed by atoms with van der Waals surface area (Å²) < 4.78 is 6.09. The van der Waals surface area contributed by atoms with Crippen LogP contribution in [0.15, 0.2) is 28.7 Å². The number of benzene rings is 1. The summed E-state index contributed by atoms with van der Waals surface area (Å²) in [6, 6.07) is 8.94. The molecular weight excluding hydrogens is 222 g/mol. The van der Waals surface area contributed by atoms with Crippen molar-refractivity contribution in [1.29, 1.82) is 0 Å². The maximum Gasteiger partial charge on any atom is 0.137 e. The second kappa shape index (κ2) is 6.05. The van der Waals surface area contributed by atoms with E-state index in [9.17, 15) is 0 Å². The Bertz CT molecular complexity index is 495. The highest BCUT2D eigenvalue weighted by Crippen LogP contribution is 2.28. The van der Waals surface area contributed by atoms with Gasteiger partial charge in [-0.1, -0.05) is 45.4 Å². The van der Waals surface area contributed by atoms with Crippen LogP contribution in [0, 0.1) is 0 Å². The predicted octanol–water partition coefficient (Wildman–Crippen LogP) is 4.45. The van der Waals surface area contributed by atoms with Gasteiger partial charge >= 0.3 is 0 Å². The first-order valence-corrected chi connectivity index (χ1v) is 7.04. The fourth-order valence-corrected chi connectivity index (χ4v) is 2.47. The third-order valence-electron chi connectivity index (χ3n) is 3.40. The molecule has 0 amide bonds. The monoisotopic (exact) mass is 245 g/mol. The zero-order chi connectivity index (χ0) is 13.0. The van der Waals surface area contributed by atoms with E-state index in [0.717, 1.165) is 37.2 Å². The number of rotatable bonds is 6. The Labute approximate surface area is 109 Å². The van der Waals surface area contributed by atoms with Crippen molar-refractivity contribution in [2.75, 3.05) is 6.54 Å². The van der Waals surface area contributed by atoms with Crippen LogP contribution in [0.5, 0.6) is 0 Å². The number of para-hydroxylation sites is 1. The second-order valence-corrected chi connectivity index (χ2v) is 4.74. The highest BCUT2D eigenvalue weighted by molar-refractivity contribution is 5.81. The van der Waals surface area contributed by atoms with Gasteiger partial charge in [0, 0.05) is 5.39 Å². The molecule has 1 aromatic heterocycles. The van der Waals surface area contributed by atoms with Gasteiger partial charge in [-0.2, -0.15) is 0 Å². The van der Waals surface area contributed by atoms with Crippen molar-refractivity contribution in [3.63, 3.8) is 0 Å². The molecule has 1 N–H and O–H groups in total. The lowest BCUT2D eigenvalue weighted by atomic mass is 10.1. The van der Waals surface area contributed by atoms with Crippen LogP contribution in [-0.4, -0.2) is 6.54 Å². The molecule has 0 radical (unpaired) electrons. The molecular formula is C16H23NO. The number of nitrogens with one attached hydrogen (secondary N) is 1. The number of hydrogen-bond donors (Lipinski definition) is 1. The van der Waals surface area contributed by atoms with E-state index < -0.39 is 0 Å². The molecule has 0 saturated carbocycles. The molecule has 0 aliphatic carbocycles. The highest BCUT2D eigenvalue weighted by Gasteiger charge is 2.15. The van der Waals surface area contributed by atoms with Crippen molar-refractivity contribution in [3.05, 3.63) is 35.6 Å². The molecule has 1 aromatic carbocycles. The van der Waals surface area contributed by atoms with Crippen molar-refractivity contribution in [2.24, 2.45) is 0 Å². The van der Waals surface area contributed by atoms with Crippen molar-refractivity contribution in [3.8, 4) is 0 Å². The van der Waals surface area contributed by atoms with Crippen LogP contribution in [0.1, 0.15) is 51.0 Å². The zero-order valence-electron chi connectivity index (χ0n) is 11.6. The summed E-state index contributed by atoms with van der Waals surface area (Å²) in [4.78, 5) is 0. The van der Waals surface area contributed by atoms with E-state index in [-0.39, 0.29) is 0 Å². The molecule has 1 heterocycles. The van der Waals surface area contributed by atoms with Gasteiger partial charge in [0.2, 0.25) is 0 Å². The third-order valence-corrected chi connectivity index (χ3v) is 3.40. The number of hydrogen-bond acceptors (Lipinski definition) is 2. The molecule has 0 spiro atoms. The Morgan fingerprint density at radius 3 is 2.72 bits per heavy atom. The minimum absolute atomic E-state index is 0.345. The van der Waals surface area contributed by atoms with E-state index in [1.807, 2.05) is 0 Å². The maximum atomic E-state index is 6.09. The lowest BCUT2D eigenvalue weighted by Gasteiger charge is -2.13. The van der Waals surface area contributed by atoms with Gasteiger partial charge in [-0.25, -0.2) is 0 Å². The number of furan rings is 1. The standard InChI is InChI=1S/C16H23NO/c1-4-8-14(17-6-3)15-11-13-10-7-9-12(5-2)16(13)18-15/h7,9-11,14,17H,4-6,8H2,1-3H3. The average Bonchev–Trinajstić information content (AvgIpc) is 2.82. The lowest BCUT2D eigenvalue weighted by Crippen LogP contribution is -2.20. The zero-order valence-corrected chi connectivity index (χ0v) is 11.6. The lowest BCUT2D eigenvalue weighted by molar-refractivity contribution is 0.414. The van der Waals surface area contributed by atoms with E-state index in [2.05, 4.69) is 50.4 Å². The van der Waals surface area contributed by atoms with Crippen LogP contribution in [0.2, 0.25) is 0 Å². The Balaban J connectivity index is 2.38. The largest absolute Gasteiger partial charge is 0.459 e. The Kier molecular flexibility index (Phi) is 4.43. The van der Waals surface area contributed by atoms with Crippen molar-refractivity contribution in [2.45, 2.75) is 46.1 Å². The van der Waals surface area contributed by atoms with Gasteiger partial charge in [0.25, 0.3) is 0 Å². The summed E-state index contributed by atoms with van der Waals surface area (Å²) in [5.74, 6) is 1.08. The van der Waals surface area contributed by atoms with E-state index >= 15 is 0 Å². The van der Waals surface area contributed by atoms with Gasteiger partial charge in [-0.05, 0) is 31.0 Å². The molecule has 0 aliphatic heterocycles. The smallest absolute Gasteiger partial charge is 0.137 e. The van der Waals surface area contributed by atoms with Crippen molar-refractivity contribution >= 4 is 11.0 Å². The average molecular weight is 245 g/mol. The fraction of sp³-hybridized carbons (Fsp3) is 0.500. The van der Waals surface area contributed by atoms with Crippen LogP contribution < -0.4 is 5.32 Å². The van der Waals surface area contributed by atoms with Crippen molar-refractivity contribution < 1.29 is 4.42 Å². The third kappa shape index (κ3) is 2.59. The van der Waals surface area contributed by atoms with E-state index in [0.29, 0.717) is 6.04 Å². The molecule has 2 nitrogen and oxygen atoms in total. The molecule has 0 saturated heterocycles. The first-order chi connectivity index (χ1) is 8.80. The van der Waals surface area contributed by atoms with Gasteiger partial charge in [0.1, 0.15) is 11.3 Å². The minimum atomic E-state index is 0.345. The van der Waals surface area contributed by atoms with Gasteiger partial charge in [0.15, 0.2) is 0 Å². The molecule has 98 valence electrons. The quantitative estimate of drug-likeness (QED) is 0.813. The topological polar surface area (TPSA) is 25.2 Å². The van der Waals surface area contributed by atoms with Gasteiger partial charge in [-0.15, -0.1) is 0 Å². The van der Waals surface area contributed by atoms with E-state index in [1.165, 1.54) is 10.9 Å². The molecule has 2 aromatic rings. The molecule has 18 heavy (non-hydrogen) atoms. The summed E-state index contributed by atoms with van der Waals surface area (Å²) in [6.07, 6.45) is 3.30. The molecule has 1 atom stereocenters. The second-order valence-electron chi connectivity index (χ2n) is 4.74. The Hall–Kier alpha value is -1.28. The Morgan fingerprint density at radius 2 is 2.06 bits per heavy atom. The van der Waals surface area contributed by atoms with Gasteiger partial charge in [0.05, 0.1) is 6.04 Å². The van der Waals surface area contributed by atoms with Gasteiger partial charge in [-0.3, -0.25) is 0 Å². The first-order valence-electron chi connectivity index (χ1n) is 7.04. The maximum absolute atomic E-state index is 6.09. The summed E-state index contributed by atoms with van der Waals surface area (Å²) in [6.45, 7) is 7.50. The molecule has 0 fully saturated rings.